The Morgan fingerprint density at radius 1 is 1.11 bits per heavy atom. The first-order valence-electron chi connectivity index (χ1n) is 14.1. The molecule has 2 rings (SSSR count). The number of carbonyl (C=O) groups is 3. The number of nitrogens with one attached hydrogen (secondary N) is 1. The second kappa shape index (κ2) is 16.8. The molecule has 0 spiro atoms. The zero-order chi connectivity index (χ0) is 33.1. The first-order chi connectivity index (χ1) is 20.8. The van der Waals surface area contributed by atoms with E-state index >= 15 is 0 Å². The Bertz CT molecular complexity index is 1270. The van der Waals surface area contributed by atoms with Gasteiger partial charge < -0.3 is 50.1 Å². The van der Waals surface area contributed by atoms with E-state index in [-0.39, 0.29) is 46.4 Å². The van der Waals surface area contributed by atoms with Gasteiger partial charge in [-0.15, -0.1) is 0 Å². The number of hydrogen-bond acceptors (Lipinski definition) is 11. The highest BCUT2D eigenvalue weighted by Crippen LogP contribution is 2.44. The Balaban J connectivity index is 2.76. The summed E-state index contributed by atoms with van der Waals surface area (Å²) < 4.78 is 27.5. The van der Waals surface area contributed by atoms with Gasteiger partial charge in [0.15, 0.2) is 23.4 Å². The lowest BCUT2D eigenvalue weighted by molar-refractivity contribution is -0.137. The Kier molecular flexibility index (Phi) is 13.9. The van der Waals surface area contributed by atoms with Gasteiger partial charge in [0.05, 0.1) is 25.0 Å². The Morgan fingerprint density at radius 2 is 1.80 bits per heavy atom. The number of aromatic hydroxyl groups is 1. The second-order valence-electron chi connectivity index (χ2n) is 10.7. The molecule has 6 atom stereocenters. The van der Waals surface area contributed by atoms with Crippen LogP contribution in [0, 0.1) is 11.8 Å². The minimum absolute atomic E-state index is 0.0178. The SMILES string of the molecule is COc1c(O)cc2c(OC(=O)CO)c1C[C@@H](C)C[C@H](OC)[C@H](O)[C@@H](C)/C=C(\C)[C@H](OC(N)=O)[C@@H](OC)/C=C\C=C(/C)C(=O)N2. The summed E-state index contributed by atoms with van der Waals surface area (Å²) >= 11 is 0. The number of aliphatic hydroxyl groups is 2. The van der Waals surface area contributed by atoms with Crippen LogP contribution >= 0.6 is 0 Å². The quantitative estimate of drug-likeness (QED) is 0.178. The number of fused-ring (bicyclic) bond motifs is 2. The third kappa shape index (κ3) is 9.55. The van der Waals surface area contributed by atoms with Gasteiger partial charge in [0.2, 0.25) is 0 Å². The summed E-state index contributed by atoms with van der Waals surface area (Å²) in [4.78, 5) is 37.2. The fourth-order valence-electron chi connectivity index (χ4n) is 5.06. The van der Waals surface area contributed by atoms with Gasteiger partial charge in [-0.25, -0.2) is 9.59 Å². The number of ether oxygens (including phenoxy) is 5. The van der Waals surface area contributed by atoms with Gasteiger partial charge in [0, 0.05) is 37.3 Å². The molecule has 44 heavy (non-hydrogen) atoms. The predicted octanol–water partition coefficient (Wildman–Crippen LogP) is 2.76. The van der Waals surface area contributed by atoms with E-state index in [1.165, 1.54) is 46.5 Å². The van der Waals surface area contributed by atoms with E-state index in [0.717, 1.165) is 0 Å². The van der Waals surface area contributed by atoms with E-state index in [1.54, 1.807) is 26.0 Å². The molecule has 13 heteroatoms. The topological polar surface area (TPSA) is 196 Å². The van der Waals surface area contributed by atoms with E-state index in [2.05, 4.69) is 5.32 Å². The number of benzene rings is 1. The van der Waals surface area contributed by atoms with Crippen molar-refractivity contribution in [1.82, 2.24) is 0 Å². The number of amides is 2. The van der Waals surface area contributed by atoms with Gasteiger partial charge in [0.1, 0.15) is 12.7 Å². The van der Waals surface area contributed by atoms with Gasteiger partial charge in [-0.3, -0.25) is 4.79 Å². The van der Waals surface area contributed by atoms with Crippen molar-refractivity contribution in [2.75, 3.05) is 33.3 Å². The number of aliphatic hydroxyl groups excluding tert-OH is 2. The molecule has 1 aromatic rings. The van der Waals surface area contributed by atoms with Crippen molar-refractivity contribution >= 4 is 23.7 Å². The molecule has 1 aromatic carbocycles. The van der Waals surface area contributed by atoms with Crippen LogP contribution in [0.2, 0.25) is 0 Å². The summed E-state index contributed by atoms with van der Waals surface area (Å²) in [5.74, 6) is -2.71. The summed E-state index contributed by atoms with van der Waals surface area (Å²) in [7, 11) is 4.22. The molecule has 0 saturated carbocycles. The van der Waals surface area contributed by atoms with Crippen LogP contribution in [0.1, 0.15) is 39.7 Å². The molecule has 6 N–H and O–H groups in total. The molecule has 2 bridgehead atoms. The van der Waals surface area contributed by atoms with Crippen molar-refractivity contribution in [3.05, 3.63) is 47.1 Å². The minimum Gasteiger partial charge on any atom is -0.504 e. The molecule has 0 unspecified atom stereocenters. The van der Waals surface area contributed by atoms with Gasteiger partial charge in [-0.1, -0.05) is 38.2 Å². The first-order valence-corrected chi connectivity index (χ1v) is 14.1. The van der Waals surface area contributed by atoms with E-state index < -0.39 is 54.9 Å². The third-order valence-corrected chi connectivity index (χ3v) is 7.31. The number of nitrogens with two attached hydrogens (primary N) is 1. The zero-order valence-corrected chi connectivity index (χ0v) is 26.2. The number of primary amides is 1. The second-order valence-corrected chi connectivity index (χ2v) is 10.7. The van der Waals surface area contributed by atoms with E-state index in [4.69, 9.17) is 29.4 Å². The lowest BCUT2D eigenvalue weighted by Gasteiger charge is -2.29. The summed E-state index contributed by atoms with van der Waals surface area (Å²) in [5.41, 5.74) is 6.36. The van der Waals surface area contributed by atoms with Crippen LogP contribution < -0.4 is 20.5 Å². The van der Waals surface area contributed by atoms with E-state index in [9.17, 15) is 29.7 Å². The molecular weight excluding hydrogens is 576 g/mol. The molecule has 0 aliphatic carbocycles. The average Bonchev–Trinajstić information content (AvgIpc) is 2.97. The summed E-state index contributed by atoms with van der Waals surface area (Å²) in [6.45, 7) is 5.97. The van der Waals surface area contributed by atoms with Gasteiger partial charge in [-0.2, -0.15) is 0 Å². The summed E-state index contributed by atoms with van der Waals surface area (Å²) in [6, 6.07) is 1.18. The van der Waals surface area contributed by atoms with E-state index in [1.807, 2.05) is 6.92 Å². The molecule has 1 aliphatic rings. The van der Waals surface area contributed by atoms with Gasteiger partial charge in [0.25, 0.3) is 5.91 Å². The van der Waals surface area contributed by atoms with Crippen LogP contribution in [-0.4, -0.2) is 85.6 Å². The van der Waals surface area contributed by atoms with Crippen LogP contribution in [0.4, 0.5) is 10.5 Å². The van der Waals surface area contributed by atoms with Crippen LogP contribution in [-0.2, 0) is 30.2 Å². The van der Waals surface area contributed by atoms with Crippen LogP contribution in [0.15, 0.2) is 41.5 Å². The highest BCUT2D eigenvalue weighted by molar-refractivity contribution is 6.05. The van der Waals surface area contributed by atoms with Crippen LogP contribution in [0.5, 0.6) is 17.2 Å². The number of hydrogen-bond donors (Lipinski definition) is 5. The number of methoxy groups -OCH3 is 3. The zero-order valence-electron chi connectivity index (χ0n) is 26.2. The molecule has 1 heterocycles. The van der Waals surface area contributed by atoms with Crippen molar-refractivity contribution in [3.63, 3.8) is 0 Å². The van der Waals surface area contributed by atoms with Crippen LogP contribution in [0.25, 0.3) is 0 Å². The maximum Gasteiger partial charge on any atom is 0.405 e. The van der Waals surface area contributed by atoms with Crippen molar-refractivity contribution < 1.29 is 53.4 Å². The molecule has 2 amide bonds. The number of phenolic OH excluding ortho intramolecular Hbond substituents is 1. The lowest BCUT2D eigenvalue weighted by Crippen LogP contribution is -2.37. The van der Waals surface area contributed by atoms with Gasteiger partial charge in [-0.05, 0) is 38.2 Å². The standard InChI is InChI=1S/C31H44N2O11/c1-16-11-20-28(43-25(36)15-34)21(14-22(35)29(20)42-7)33-30(38)17(2)9-8-10-23(40-5)27(44-31(32)39)19(4)13-18(3)26(37)24(12-16)41-6/h8-10,13-14,16,18,23-24,26-27,34-35,37H,11-12,15H2,1-7H3,(H2,32,39)(H,33,38)/b10-8-,17-9+,19-13+/t16-,18+,23+,24+,26-,27+/m1/s1. The summed E-state index contributed by atoms with van der Waals surface area (Å²) in [6.07, 6.45) is 2.38. The smallest absolute Gasteiger partial charge is 0.405 e. The number of phenols is 1. The van der Waals surface area contributed by atoms with Crippen LogP contribution in [0.3, 0.4) is 0 Å². The molecular formula is C31H44N2O11. The number of allylic oxidation sites excluding steroid dienone is 2. The third-order valence-electron chi connectivity index (χ3n) is 7.31. The highest BCUT2D eigenvalue weighted by atomic mass is 16.6. The number of carbonyl (C=O) groups excluding carboxylic acids is 3. The fourth-order valence-corrected chi connectivity index (χ4v) is 5.06. The summed E-state index contributed by atoms with van der Waals surface area (Å²) in [5, 5.41) is 34.1. The lowest BCUT2D eigenvalue weighted by atomic mass is 9.87. The van der Waals surface area contributed by atoms with Gasteiger partial charge >= 0.3 is 12.1 Å². The van der Waals surface area contributed by atoms with Crippen molar-refractivity contribution in [2.24, 2.45) is 17.6 Å². The fraction of sp³-hybridized carbons (Fsp3) is 0.516. The average molecular weight is 621 g/mol. The number of esters is 1. The van der Waals surface area contributed by atoms with Crippen molar-refractivity contribution in [3.8, 4) is 17.2 Å². The molecule has 0 fully saturated rings. The Labute approximate surface area is 257 Å². The first kappa shape index (κ1) is 36.3. The molecule has 0 saturated heterocycles. The number of anilines is 1. The Hall–Kier alpha value is -3.91. The largest absolute Gasteiger partial charge is 0.504 e. The molecule has 244 valence electrons. The maximum absolute atomic E-state index is 13.2. The molecule has 13 nitrogen and oxygen atoms in total. The number of rotatable bonds is 6. The maximum atomic E-state index is 13.2. The Morgan fingerprint density at radius 3 is 2.36 bits per heavy atom. The molecule has 0 radical (unpaired) electrons. The molecule has 0 aromatic heterocycles. The minimum atomic E-state index is -1.02. The normalized spacial score (nSPS) is 28.4. The van der Waals surface area contributed by atoms with Crippen molar-refractivity contribution in [1.29, 1.82) is 0 Å². The predicted molar refractivity (Wildman–Crippen MR) is 161 cm³/mol. The van der Waals surface area contributed by atoms with Crippen molar-refractivity contribution in [2.45, 2.75) is 65.0 Å². The monoisotopic (exact) mass is 620 g/mol. The molecule has 1 aliphatic heterocycles. The highest BCUT2D eigenvalue weighted by Gasteiger charge is 2.31. The van der Waals surface area contributed by atoms with E-state index in [0.29, 0.717) is 12.0 Å².